The minimum atomic E-state index is -1.13. The van der Waals surface area contributed by atoms with Crippen LogP contribution in [-0.2, 0) is 49.6 Å². The molecule has 1 fully saturated rings. The van der Waals surface area contributed by atoms with Crippen LogP contribution in [0.15, 0.2) is 85.3 Å². The summed E-state index contributed by atoms with van der Waals surface area (Å²) in [6.07, 6.45) is 8.22. The fourth-order valence-electron chi connectivity index (χ4n) is 8.62. The highest BCUT2D eigenvalue weighted by atomic mass is 16.6. The fraction of sp³-hybridized carbons (Fsp3) is 0.418. The number of alkyl carbamates (subject to hydrolysis) is 1. The first-order chi connectivity index (χ1) is 38.5. The Balaban J connectivity index is 0.953. The Labute approximate surface area is 462 Å². The number of primary amides is 1. The molecule has 0 spiro atoms. The second kappa shape index (κ2) is 30.2. The number of esters is 1. The number of carbonyl (C=O) groups is 9. The number of carbonyl (C=O) groups excluding carboxylic acids is 9. The number of morpholine rings is 1. The van der Waals surface area contributed by atoms with Gasteiger partial charge < -0.3 is 61.9 Å². The number of nitrogens with zero attached hydrogens (tertiary/aromatic N) is 5. The number of Topliss-reactive ketones (excluding diaryl/α,β-unsaturated/α-hetero) is 1. The van der Waals surface area contributed by atoms with E-state index in [0.29, 0.717) is 85.9 Å². The molecule has 2 aromatic carbocycles. The molecule has 426 valence electrons. The summed E-state index contributed by atoms with van der Waals surface area (Å²) in [6, 6.07) is 12.2. The summed E-state index contributed by atoms with van der Waals surface area (Å²) in [7, 11) is 1.18. The molecule has 8 amide bonds. The van der Waals surface area contributed by atoms with Crippen molar-refractivity contribution in [2.24, 2.45) is 17.6 Å². The van der Waals surface area contributed by atoms with Gasteiger partial charge in [0.2, 0.25) is 11.8 Å². The lowest BCUT2D eigenvalue weighted by molar-refractivity contribution is -0.143. The molecule has 0 aliphatic carbocycles. The molecule has 25 heteroatoms. The lowest BCUT2D eigenvalue weighted by Gasteiger charge is -2.30. The number of unbranched alkanes of at least 4 members (excludes halogenated alkanes) is 2. The average molecular weight is 1110 g/mol. The van der Waals surface area contributed by atoms with Gasteiger partial charge in [0.05, 0.1) is 62.4 Å². The number of benzene rings is 2. The quantitative estimate of drug-likeness (QED) is 0.0229. The maximum atomic E-state index is 13.7. The second-order valence-corrected chi connectivity index (χ2v) is 19.1. The lowest BCUT2D eigenvalue weighted by Crippen LogP contribution is -2.45. The van der Waals surface area contributed by atoms with E-state index in [0.717, 1.165) is 10.6 Å². The van der Waals surface area contributed by atoms with Gasteiger partial charge in [-0.05, 0) is 79.6 Å². The van der Waals surface area contributed by atoms with Crippen molar-refractivity contribution in [1.82, 2.24) is 35.8 Å². The van der Waals surface area contributed by atoms with Gasteiger partial charge in [0, 0.05) is 81.0 Å². The van der Waals surface area contributed by atoms with Gasteiger partial charge in [-0.3, -0.25) is 38.7 Å². The molecule has 0 unspecified atom stereocenters. The van der Waals surface area contributed by atoms with Gasteiger partial charge in [0.15, 0.2) is 17.3 Å². The van der Waals surface area contributed by atoms with Gasteiger partial charge in [-0.1, -0.05) is 32.4 Å². The van der Waals surface area contributed by atoms with Gasteiger partial charge in [-0.2, -0.15) is 0 Å². The highest BCUT2D eigenvalue weighted by Gasteiger charge is 2.30. The van der Waals surface area contributed by atoms with Gasteiger partial charge in [-0.25, -0.2) is 24.4 Å². The molecule has 1 saturated heterocycles. The smallest absolute Gasteiger partial charge is 0.408 e. The van der Waals surface area contributed by atoms with Crippen molar-refractivity contribution in [1.29, 1.82) is 0 Å². The number of hydrogen-bond donors (Lipinski definition) is 7. The van der Waals surface area contributed by atoms with Gasteiger partial charge in [0.25, 0.3) is 17.7 Å². The van der Waals surface area contributed by atoms with Crippen LogP contribution < -0.4 is 47.7 Å². The number of nitrogens with one attached hydrogen (secondary N) is 5. The Hall–Kier alpha value is -9.00. The number of nitrogen functional groups attached to an aromatic ring is 1. The van der Waals surface area contributed by atoms with Gasteiger partial charge in [0.1, 0.15) is 18.4 Å². The molecule has 2 aliphatic heterocycles. The molecule has 2 aliphatic rings. The van der Waals surface area contributed by atoms with E-state index in [9.17, 15) is 43.2 Å². The Kier molecular flexibility index (Phi) is 22.8. The SMILES string of the molecule is COC(=O)[C@H](CCOc1ccc(-c2cnc(N)c(C(=O)Nc3cnccc3N3CCOCC3)n2)cc1)NC(=O)OCc1ccc(NC(=O)[C@H](CCCNC(N)=O)CC(=O)[C@@H](NC(=O)CCCCCN2C(=O)C=CC2=O)C(C)C)cc1. The molecule has 0 radical (unpaired) electrons. The summed E-state index contributed by atoms with van der Waals surface area (Å²) in [5.41, 5.74) is 14.4. The predicted octanol–water partition coefficient (Wildman–Crippen LogP) is 4.04. The summed E-state index contributed by atoms with van der Waals surface area (Å²) in [5.74, 6) is -3.94. The average Bonchev–Trinajstić information content (AvgIpc) is 3.77. The number of ether oxygens (including phenoxy) is 4. The number of urea groups is 1. The van der Waals surface area contributed by atoms with E-state index in [4.69, 9.17) is 30.4 Å². The third kappa shape index (κ3) is 18.3. The third-order valence-electron chi connectivity index (χ3n) is 13.0. The molecule has 80 heavy (non-hydrogen) atoms. The van der Waals surface area contributed by atoms with Crippen LogP contribution in [0.5, 0.6) is 5.75 Å². The number of methoxy groups -OCH3 is 1. The van der Waals surface area contributed by atoms with E-state index >= 15 is 0 Å². The predicted molar refractivity (Wildman–Crippen MR) is 292 cm³/mol. The molecule has 9 N–H and O–H groups in total. The minimum Gasteiger partial charge on any atom is -0.494 e. The molecule has 4 heterocycles. The number of amides is 8. The molecule has 3 atom stereocenters. The Bertz CT molecular complexity index is 2840. The van der Waals surface area contributed by atoms with Crippen LogP contribution in [0.25, 0.3) is 11.3 Å². The first kappa shape index (κ1) is 60.2. The highest BCUT2D eigenvalue weighted by Crippen LogP contribution is 2.28. The van der Waals surface area contributed by atoms with Crippen LogP contribution >= 0.6 is 0 Å². The Morgan fingerprint density at radius 1 is 0.838 bits per heavy atom. The number of hydrogen-bond acceptors (Lipinski definition) is 18. The molecule has 2 aromatic heterocycles. The first-order valence-corrected chi connectivity index (χ1v) is 26.2. The second-order valence-electron chi connectivity index (χ2n) is 19.1. The van der Waals surface area contributed by atoms with E-state index in [1.54, 1.807) is 74.8 Å². The monoisotopic (exact) mass is 1100 g/mol. The maximum absolute atomic E-state index is 13.7. The maximum Gasteiger partial charge on any atom is 0.408 e. The number of rotatable bonds is 29. The van der Waals surface area contributed by atoms with Crippen LogP contribution in [0.4, 0.5) is 32.5 Å². The van der Waals surface area contributed by atoms with Crippen LogP contribution in [-0.4, -0.2) is 138 Å². The van der Waals surface area contributed by atoms with Gasteiger partial charge in [-0.15, -0.1) is 0 Å². The number of anilines is 4. The number of aromatic nitrogens is 3. The minimum absolute atomic E-state index is 0.0103. The van der Waals surface area contributed by atoms with E-state index in [1.165, 1.54) is 25.5 Å². The highest BCUT2D eigenvalue weighted by molar-refractivity contribution is 6.13. The standard InChI is InChI=1S/C55H68N12O13/c1-34(2)48(65-45(69)9-5-4-6-24-67-46(70)18-19-47(67)71)44(68)30-37(8-7-22-59-54(57)75)51(72)61-38-14-10-35(11-15-38)33-80-55(76)64-40(53(74)77-3)21-27-79-39-16-12-36(13-17-39)41-32-60-50(56)49(62-41)52(73)63-42-31-58-23-20-43(42)66-25-28-78-29-26-66/h10-20,23,31-32,34,37,40,48H,4-9,21-22,24-30,33H2,1-3H3,(H2,56,60)(H,61,72)(H,63,73)(H,64,76)(H,65,69)(H3,57,59,75)/t37-,40+,48+/m1/s1. The molecular formula is C55H68N12O13. The summed E-state index contributed by atoms with van der Waals surface area (Å²) >= 11 is 0. The van der Waals surface area contributed by atoms with Crippen LogP contribution in [0.2, 0.25) is 0 Å². The van der Waals surface area contributed by atoms with E-state index in [2.05, 4.69) is 46.4 Å². The third-order valence-corrected chi connectivity index (χ3v) is 13.0. The fourth-order valence-corrected chi connectivity index (χ4v) is 8.62. The van der Waals surface area contributed by atoms with Crippen molar-refractivity contribution >= 4 is 76.3 Å². The normalized spacial score (nSPS) is 14.2. The molecule has 4 aromatic rings. The molecule has 25 nitrogen and oxygen atoms in total. The summed E-state index contributed by atoms with van der Waals surface area (Å²) in [6.45, 7) is 6.21. The van der Waals surface area contributed by atoms with Crippen LogP contribution in [0.1, 0.15) is 81.3 Å². The largest absolute Gasteiger partial charge is 0.494 e. The number of pyridine rings is 1. The summed E-state index contributed by atoms with van der Waals surface area (Å²) in [4.78, 5) is 130. The van der Waals surface area contributed by atoms with E-state index in [-0.39, 0.29) is 92.9 Å². The Morgan fingerprint density at radius 3 is 2.25 bits per heavy atom. The number of nitrogens with two attached hydrogens (primary N) is 2. The molecular weight excluding hydrogens is 1040 g/mol. The van der Waals surface area contributed by atoms with E-state index in [1.807, 2.05) is 6.07 Å². The zero-order valence-electron chi connectivity index (χ0n) is 44.9. The Morgan fingerprint density at radius 2 is 1.56 bits per heavy atom. The summed E-state index contributed by atoms with van der Waals surface area (Å²) < 4.78 is 21.6. The van der Waals surface area contributed by atoms with Crippen LogP contribution in [0, 0.1) is 11.8 Å². The first-order valence-electron chi connectivity index (χ1n) is 26.2. The summed E-state index contributed by atoms with van der Waals surface area (Å²) in [5, 5.41) is 13.5. The van der Waals surface area contributed by atoms with Gasteiger partial charge >= 0.3 is 18.1 Å². The van der Waals surface area contributed by atoms with E-state index < -0.39 is 47.9 Å². The van der Waals surface area contributed by atoms with Crippen molar-refractivity contribution in [3.05, 3.63) is 96.6 Å². The number of imide groups is 1. The number of ketones is 1. The molecule has 6 rings (SSSR count). The zero-order valence-corrected chi connectivity index (χ0v) is 44.9. The van der Waals surface area contributed by atoms with Crippen molar-refractivity contribution in [3.63, 3.8) is 0 Å². The van der Waals surface area contributed by atoms with Crippen molar-refractivity contribution in [2.45, 2.75) is 83.9 Å². The lowest BCUT2D eigenvalue weighted by atomic mass is 9.89. The van der Waals surface area contributed by atoms with Crippen molar-refractivity contribution < 1.29 is 62.1 Å². The molecule has 0 bridgehead atoms. The van der Waals surface area contributed by atoms with Crippen molar-refractivity contribution in [2.75, 3.05) is 74.4 Å². The van der Waals surface area contributed by atoms with Crippen molar-refractivity contribution in [3.8, 4) is 17.0 Å². The van der Waals surface area contributed by atoms with Crippen LogP contribution in [0.3, 0.4) is 0 Å². The zero-order chi connectivity index (χ0) is 57.6. The molecule has 0 saturated carbocycles. The topological polar surface area (TPSA) is 348 Å².